The molecule has 0 radical (unpaired) electrons. The van der Waals surface area contributed by atoms with Gasteiger partial charge in [0.25, 0.3) is 5.91 Å². The van der Waals surface area contributed by atoms with E-state index in [1.54, 1.807) is 0 Å². The first-order chi connectivity index (χ1) is 11.3. The smallest absolute Gasteiger partial charge is 0.253 e. The third-order valence-electron chi connectivity index (χ3n) is 4.52. The van der Waals surface area contributed by atoms with E-state index in [1.807, 2.05) is 23.1 Å². The number of nitrogens with zero attached hydrogens (tertiary/aromatic N) is 2. The van der Waals surface area contributed by atoms with E-state index in [2.05, 4.69) is 48.2 Å². The molecule has 1 aliphatic heterocycles. The van der Waals surface area contributed by atoms with Crippen LogP contribution in [0.2, 0.25) is 0 Å². The van der Waals surface area contributed by atoms with Crippen molar-refractivity contribution in [3.05, 3.63) is 71.3 Å². The Labute approximate surface area is 138 Å². The minimum Gasteiger partial charge on any atom is -0.336 e. The second-order valence-electron chi connectivity index (χ2n) is 6.10. The molecule has 3 rings (SSSR count). The van der Waals surface area contributed by atoms with Gasteiger partial charge in [0.1, 0.15) is 0 Å². The predicted octanol–water partition coefficient (Wildman–Crippen LogP) is 3.21. The summed E-state index contributed by atoms with van der Waals surface area (Å²) in [5.74, 6) is 0.159. The van der Waals surface area contributed by atoms with Crippen LogP contribution in [0.15, 0.2) is 54.6 Å². The van der Waals surface area contributed by atoms with Crippen molar-refractivity contribution in [2.45, 2.75) is 19.9 Å². The van der Waals surface area contributed by atoms with Crippen LogP contribution in [-0.2, 0) is 13.0 Å². The maximum atomic E-state index is 12.6. The molecular formula is C20H24N2O. The number of carbonyl (C=O) groups excluding carboxylic acids is 1. The zero-order chi connectivity index (χ0) is 16.1. The second kappa shape index (κ2) is 7.42. The SMILES string of the molecule is CCc1ccc(C(=O)N2CCN(Cc3ccccc3)CC2)cc1. The Hall–Kier alpha value is -2.13. The molecule has 0 unspecified atom stereocenters. The van der Waals surface area contributed by atoms with Gasteiger partial charge in [-0.05, 0) is 29.7 Å². The van der Waals surface area contributed by atoms with Gasteiger partial charge in [-0.3, -0.25) is 9.69 Å². The van der Waals surface area contributed by atoms with Gasteiger partial charge in [0.15, 0.2) is 0 Å². The van der Waals surface area contributed by atoms with Crippen LogP contribution in [0.3, 0.4) is 0 Å². The van der Waals surface area contributed by atoms with Gasteiger partial charge in [-0.2, -0.15) is 0 Å². The van der Waals surface area contributed by atoms with Crippen LogP contribution in [0.25, 0.3) is 0 Å². The maximum Gasteiger partial charge on any atom is 0.253 e. The monoisotopic (exact) mass is 308 g/mol. The first-order valence-electron chi connectivity index (χ1n) is 8.41. The minimum absolute atomic E-state index is 0.159. The quantitative estimate of drug-likeness (QED) is 0.866. The van der Waals surface area contributed by atoms with Gasteiger partial charge in [0.2, 0.25) is 0 Å². The highest BCUT2D eigenvalue weighted by Crippen LogP contribution is 2.12. The van der Waals surface area contributed by atoms with Crippen molar-refractivity contribution in [2.24, 2.45) is 0 Å². The molecular weight excluding hydrogens is 284 g/mol. The van der Waals surface area contributed by atoms with Gasteiger partial charge < -0.3 is 4.90 Å². The Morgan fingerprint density at radius 3 is 2.13 bits per heavy atom. The Morgan fingerprint density at radius 1 is 0.870 bits per heavy atom. The number of rotatable bonds is 4. The number of carbonyl (C=O) groups is 1. The number of hydrogen-bond acceptors (Lipinski definition) is 2. The normalized spacial score (nSPS) is 15.6. The lowest BCUT2D eigenvalue weighted by atomic mass is 10.1. The summed E-state index contributed by atoms with van der Waals surface area (Å²) in [6, 6.07) is 18.5. The van der Waals surface area contributed by atoms with E-state index in [1.165, 1.54) is 11.1 Å². The van der Waals surface area contributed by atoms with Crippen LogP contribution < -0.4 is 0 Å². The molecule has 2 aromatic rings. The van der Waals surface area contributed by atoms with E-state index in [9.17, 15) is 4.79 Å². The maximum absolute atomic E-state index is 12.6. The molecule has 0 atom stereocenters. The Balaban J connectivity index is 1.54. The molecule has 0 bridgehead atoms. The molecule has 0 aromatic heterocycles. The summed E-state index contributed by atoms with van der Waals surface area (Å²) >= 11 is 0. The van der Waals surface area contributed by atoms with Crippen molar-refractivity contribution < 1.29 is 4.79 Å². The molecule has 2 aromatic carbocycles. The van der Waals surface area contributed by atoms with Crippen molar-refractivity contribution in [1.82, 2.24) is 9.80 Å². The van der Waals surface area contributed by atoms with Gasteiger partial charge in [0.05, 0.1) is 0 Å². The summed E-state index contributed by atoms with van der Waals surface area (Å²) in [4.78, 5) is 17.0. The highest BCUT2D eigenvalue weighted by Gasteiger charge is 2.21. The Morgan fingerprint density at radius 2 is 1.52 bits per heavy atom. The van der Waals surface area contributed by atoms with Gasteiger partial charge in [-0.15, -0.1) is 0 Å². The number of piperazine rings is 1. The molecule has 23 heavy (non-hydrogen) atoms. The van der Waals surface area contributed by atoms with Gasteiger partial charge >= 0.3 is 0 Å². The van der Waals surface area contributed by atoms with Crippen LogP contribution in [0, 0.1) is 0 Å². The molecule has 1 aliphatic rings. The lowest BCUT2D eigenvalue weighted by molar-refractivity contribution is 0.0628. The first kappa shape index (κ1) is 15.8. The largest absolute Gasteiger partial charge is 0.336 e. The standard InChI is InChI=1S/C20H24N2O/c1-2-17-8-10-19(11-9-17)20(23)22-14-12-21(13-15-22)16-18-6-4-3-5-7-18/h3-11H,2,12-16H2,1H3. The lowest BCUT2D eigenvalue weighted by Crippen LogP contribution is -2.48. The molecule has 1 amide bonds. The number of aryl methyl sites for hydroxylation is 1. The zero-order valence-corrected chi connectivity index (χ0v) is 13.7. The van der Waals surface area contributed by atoms with Crippen molar-refractivity contribution in [1.29, 1.82) is 0 Å². The van der Waals surface area contributed by atoms with E-state index in [4.69, 9.17) is 0 Å². The number of hydrogen-bond donors (Lipinski definition) is 0. The third-order valence-corrected chi connectivity index (χ3v) is 4.52. The fourth-order valence-corrected chi connectivity index (χ4v) is 3.02. The summed E-state index contributed by atoms with van der Waals surface area (Å²) in [5.41, 5.74) is 3.41. The van der Waals surface area contributed by atoms with E-state index in [0.29, 0.717) is 0 Å². The van der Waals surface area contributed by atoms with E-state index in [0.717, 1.165) is 44.7 Å². The van der Waals surface area contributed by atoms with E-state index < -0.39 is 0 Å². The van der Waals surface area contributed by atoms with Gasteiger partial charge in [0, 0.05) is 38.3 Å². The molecule has 1 fully saturated rings. The zero-order valence-electron chi connectivity index (χ0n) is 13.7. The molecule has 0 aliphatic carbocycles. The minimum atomic E-state index is 0.159. The summed E-state index contributed by atoms with van der Waals surface area (Å²) in [5, 5.41) is 0. The van der Waals surface area contributed by atoms with Crippen LogP contribution >= 0.6 is 0 Å². The molecule has 120 valence electrons. The fourth-order valence-electron chi connectivity index (χ4n) is 3.02. The Bertz CT molecular complexity index is 628. The predicted molar refractivity (Wildman–Crippen MR) is 93.4 cm³/mol. The van der Waals surface area contributed by atoms with Crippen molar-refractivity contribution >= 4 is 5.91 Å². The van der Waals surface area contributed by atoms with Gasteiger partial charge in [-0.25, -0.2) is 0 Å². The van der Waals surface area contributed by atoms with Crippen molar-refractivity contribution in [3.63, 3.8) is 0 Å². The number of amides is 1. The summed E-state index contributed by atoms with van der Waals surface area (Å²) in [6.45, 7) is 6.58. The first-order valence-corrected chi connectivity index (χ1v) is 8.41. The molecule has 0 N–H and O–H groups in total. The highest BCUT2D eigenvalue weighted by molar-refractivity contribution is 5.94. The van der Waals surface area contributed by atoms with Crippen LogP contribution in [0.1, 0.15) is 28.4 Å². The molecule has 0 spiro atoms. The average Bonchev–Trinajstić information content (AvgIpc) is 2.63. The number of benzene rings is 2. The fraction of sp³-hybridized carbons (Fsp3) is 0.350. The average molecular weight is 308 g/mol. The van der Waals surface area contributed by atoms with Crippen LogP contribution in [0.4, 0.5) is 0 Å². The van der Waals surface area contributed by atoms with E-state index >= 15 is 0 Å². The summed E-state index contributed by atoms with van der Waals surface area (Å²) in [7, 11) is 0. The Kier molecular flexibility index (Phi) is 5.09. The van der Waals surface area contributed by atoms with Crippen LogP contribution in [-0.4, -0.2) is 41.9 Å². The summed E-state index contributed by atoms with van der Waals surface area (Å²) < 4.78 is 0. The second-order valence-corrected chi connectivity index (χ2v) is 6.10. The van der Waals surface area contributed by atoms with E-state index in [-0.39, 0.29) is 5.91 Å². The third kappa shape index (κ3) is 3.99. The lowest BCUT2D eigenvalue weighted by Gasteiger charge is -2.34. The highest BCUT2D eigenvalue weighted by atomic mass is 16.2. The molecule has 1 heterocycles. The molecule has 3 heteroatoms. The molecule has 3 nitrogen and oxygen atoms in total. The van der Waals surface area contributed by atoms with Crippen LogP contribution in [0.5, 0.6) is 0 Å². The summed E-state index contributed by atoms with van der Waals surface area (Å²) in [6.07, 6.45) is 1.01. The topological polar surface area (TPSA) is 23.6 Å². The molecule has 1 saturated heterocycles. The van der Waals surface area contributed by atoms with Crippen molar-refractivity contribution in [3.8, 4) is 0 Å². The van der Waals surface area contributed by atoms with Gasteiger partial charge in [-0.1, -0.05) is 49.4 Å². The van der Waals surface area contributed by atoms with Crippen molar-refractivity contribution in [2.75, 3.05) is 26.2 Å². The molecule has 0 saturated carbocycles.